The molecule has 8 nitrogen and oxygen atoms in total. The highest BCUT2D eigenvalue weighted by Crippen LogP contribution is 2.29. The number of amidine groups is 1. The molecule has 0 saturated carbocycles. The van der Waals surface area contributed by atoms with Crippen molar-refractivity contribution in [3.63, 3.8) is 0 Å². The third kappa shape index (κ3) is 2.98. The number of nitrogens with one attached hydrogen (secondary N) is 1. The number of carbonyl (C=O) groups excluding carboxylic acids is 1. The number of amides is 1. The number of aromatic nitrogens is 2. The molecule has 2 aliphatic heterocycles. The van der Waals surface area contributed by atoms with Crippen LogP contribution in [0, 0.1) is 5.92 Å². The molecule has 2 aliphatic rings. The minimum atomic E-state index is -3.62. The molecule has 0 unspecified atom stereocenters. The van der Waals surface area contributed by atoms with Crippen LogP contribution in [0.4, 0.5) is 5.82 Å². The third-order valence-corrected chi connectivity index (χ3v) is 6.07. The first-order valence-electron chi connectivity index (χ1n) is 8.44. The maximum Gasteiger partial charge on any atom is 0.285 e. The summed E-state index contributed by atoms with van der Waals surface area (Å²) in [7, 11) is -1.82. The number of sulfonamides is 1. The first-order valence-corrected chi connectivity index (χ1v) is 9.88. The lowest BCUT2D eigenvalue weighted by molar-refractivity contribution is -0.121. The number of rotatable bonds is 2. The summed E-state index contributed by atoms with van der Waals surface area (Å²) >= 11 is 0. The number of hydrogen-bond donors (Lipinski definition) is 1. The number of hydrogen-bond acceptors (Lipinski definition) is 5. The van der Waals surface area contributed by atoms with Crippen LogP contribution in [0.15, 0.2) is 45.8 Å². The Morgan fingerprint density at radius 2 is 1.92 bits per heavy atom. The number of likely N-dealkylation sites (tertiary alicyclic amines) is 1. The summed E-state index contributed by atoms with van der Waals surface area (Å²) in [6, 6.07) is 8.61. The predicted octanol–water partition coefficient (Wildman–Crippen LogP) is 1.22. The van der Waals surface area contributed by atoms with Crippen molar-refractivity contribution in [2.45, 2.75) is 17.7 Å². The Morgan fingerprint density at radius 3 is 2.62 bits per heavy atom. The van der Waals surface area contributed by atoms with E-state index < -0.39 is 10.0 Å². The standard InChI is InChI=1S/C17H19N5O3S/c1-21-9-8-15(19-21)18-17(23)12-6-10-22(11-7-12)16-13-4-2-3-5-14(13)26(24,25)20-16/h2-5,8-9,12H,6-7,10-11H2,1H3,(H,18,19,23). The maximum absolute atomic E-state index is 12.4. The van der Waals surface area contributed by atoms with Crippen LogP contribution in [-0.4, -0.2) is 47.9 Å². The van der Waals surface area contributed by atoms with Gasteiger partial charge in [0.1, 0.15) is 4.90 Å². The Kier molecular flexibility index (Phi) is 4.03. The van der Waals surface area contributed by atoms with Crippen LogP contribution in [0.2, 0.25) is 0 Å². The van der Waals surface area contributed by atoms with E-state index in [1.165, 1.54) is 0 Å². The first-order chi connectivity index (χ1) is 12.4. The number of benzene rings is 1. The topological polar surface area (TPSA) is 96.7 Å². The van der Waals surface area contributed by atoms with Gasteiger partial charge in [-0.25, -0.2) is 0 Å². The Bertz CT molecular complexity index is 987. The lowest BCUT2D eigenvalue weighted by Gasteiger charge is -2.32. The molecular formula is C17H19N5O3S. The second kappa shape index (κ2) is 6.24. The molecule has 1 N–H and O–H groups in total. The summed E-state index contributed by atoms with van der Waals surface area (Å²) in [4.78, 5) is 14.6. The van der Waals surface area contributed by atoms with Crippen molar-refractivity contribution in [2.75, 3.05) is 18.4 Å². The molecule has 1 amide bonds. The molecule has 1 aromatic heterocycles. The summed E-state index contributed by atoms with van der Waals surface area (Å²) < 4.78 is 30.0. The molecule has 9 heteroatoms. The van der Waals surface area contributed by atoms with E-state index in [0.29, 0.717) is 43.1 Å². The molecule has 0 radical (unpaired) electrons. The molecule has 1 saturated heterocycles. The van der Waals surface area contributed by atoms with E-state index >= 15 is 0 Å². The van der Waals surface area contributed by atoms with Crippen molar-refractivity contribution in [3.05, 3.63) is 42.1 Å². The Morgan fingerprint density at radius 1 is 1.19 bits per heavy atom. The minimum Gasteiger partial charge on any atom is -0.355 e. The van der Waals surface area contributed by atoms with Crippen LogP contribution in [0.25, 0.3) is 0 Å². The average molecular weight is 373 g/mol. The van der Waals surface area contributed by atoms with E-state index in [1.54, 1.807) is 42.2 Å². The predicted molar refractivity (Wildman–Crippen MR) is 96.3 cm³/mol. The fourth-order valence-electron chi connectivity index (χ4n) is 3.38. The quantitative estimate of drug-likeness (QED) is 0.854. The summed E-state index contributed by atoms with van der Waals surface area (Å²) in [5.41, 5.74) is 0.642. The highest BCUT2D eigenvalue weighted by molar-refractivity contribution is 7.90. The molecular weight excluding hydrogens is 354 g/mol. The average Bonchev–Trinajstić information content (AvgIpc) is 3.16. The van der Waals surface area contributed by atoms with Crippen molar-refractivity contribution in [1.82, 2.24) is 14.7 Å². The number of nitrogens with zero attached hydrogens (tertiary/aromatic N) is 4. The fraction of sp³-hybridized carbons (Fsp3) is 0.353. The smallest absolute Gasteiger partial charge is 0.285 e. The van der Waals surface area contributed by atoms with Gasteiger partial charge in [-0.2, -0.15) is 13.5 Å². The lowest BCUT2D eigenvalue weighted by atomic mass is 9.95. The van der Waals surface area contributed by atoms with Crippen LogP contribution in [0.3, 0.4) is 0 Å². The zero-order valence-corrected chi connectivity index (χ0v) is 15.1. The largest absolute Gasteiger partial charge is 0.355 e. The minimum absolute atomic E-state index is 0.0512. The zero-order chi connectivity index (χ0) is 18.3. The van der Waals surface area contributed by atoms with Gasteiger partial charge < -0.3 is 10.2 Å². The summed E-state index contributed by atoms with van der Waals surface area (Å²) in [5, 5.41) is 6.98. The number of aryl methyl sites for hydroxylation is 1. The van der Waals surface area contributed by atoms with Crippen LogP contribution < -0.4 is 5.32 Å². The van der Waals surface area contributed by atoms with Gasteiger partial charge in [0.25, 0.3) is 10.0 Å². The molecule has 3 heterocycles. The van der Waals surface area contributed by atoms with E-state index in [2.05, 4.69) is 14.8 Å². The zero-order valence-electron chi connectivity index (χ0n) is 14.3. The SMILES string of the molecule is Cn1ccc(NC(=O)C2CCN(C3=NS(=O)(=O)c4ccccc43)CC2)n1. The summed E-state index contributed by atoms with van der Waals surface area (Å²) in [6.45, 7) is 1.17. The van der Waals surface area contributed by atoms with Crippen molar-refractivity contribution in [1.29, 1.82) is 0 Å². The van der Waals surface area contributed by atoms with Gasteiger partial charge in [-0.05, 0) is 25.0 Å². The molecule has 0 spiro atoms. The second-order valence-electron chi connectivity index (χ2n) is 6.51. The Hall–Kier alpha value is -2.68. The second-order valence-corrected chi connectivity index (χ2v) is 8.08. The van der Waals surface area contributed by atoms with Crippen molar-refractivity contribution < 1.29 is 13.2 Å². The van der Waals surface area contributed by atoms with Crippen LogP contribution >= 0.6 is 0 Å². The molecule has 0 aliphatic carbocycles. The summed E-state index contributed by atoms with van der Waals surface area (Å²) in [5.74, 6) is 0.858. The molecule has 136 valence electrons. The molecule has 1 fully saturated rings. The van der Waals surface area contributed by atoms with Gasteiger partial charge >= 0.3 is 0 Å². The molecule has 4 rings (SSSR count). The number of fused-ring (bicyclic) bond motifs is 1. The fourth-order valence-corrected chi connectivity index (χ4v) is 4.61. The van der Waals surface area contributed by atoms with Gasteiger partial charge in [-0.1, -0.05) is 12.1 Å². The van der Waals surface area contributed by atoms with E-state index in [4.69, 9.17) is 0 Å². The molecule has 0 bridgehead atoms. The van der Waals surface area contributed by atoms with Crippen LogP contribution in [-0.2, 0) is 21.9 Å². The van der Waals surface area contributed by atoms with E-state index in [-0.39, 0.29) is 16.7 Å². The Labute approximate surface area is 151 Å². The van der Waals surface area contributed by atoms with E-state index in [0.717, 1.165) is 0 Å². The molecule has 2 aromatic rings. The van der Waals surface area contributed by atoms with Gasteiger partial charge in [0, 0.05) is 43.9 Å². The number of anilines is 1. The highest BCUT2D eigenvalue weighted by Gasteiger charge is 2.34. The van der Waals surface area contributed by atoms with Crippen molar-refractivity contribution in [3.8, 4) is 0 Å². The van der Waals surface area contributed by atoms with Gasteiger partial charge in [-0.15, -0.1) is 4.40 Å². The van der Waals surface area contributed by atoms with Gasteiger partial charge in [0.05, 0.1) is 0 Å². The van der Waals surface area contributed by atoms with Crippen molar-refractivity contribution in [2.24, 2.45) is 17.4 Å². The molecule has 1 aromatic carbocycles. The van der Waals surface area contributed by atoms with Gasteiger partial charge in [-0.3, -0.25) is 9.48 Å². The van der Waals surface area contributed by atoms with Crippen molar-refractivity contribution >= 4 is 27.6 Å². The summed E-state index contributed by atoms with van der Waals surface area (Å²) in [6.07, 6.45) is 3.05. The highest BCUT2D eigenvalue weighted by atomic mass is 32.2. The maximum atomic E-state index is 12.4. The van der Waals surface area contributed by atoms with Crippen LogP contribution in [0.1, 0.15) is 18.4 Å². The number of carbonyl (C=O) groups is 1. The lowest BCUT2D eigenvalue weighted by Crippen LogP contribution is -2.41. The van der Waals surface area contributed by atoms with Gasteiger partial charge in [0.15, 0.2) is 11.7 Å². The molecule has 26 heavy (non-hydrogen) atoms. The molecule has 0 atom stereocenters. The monoisotopic (exact) mass is 373 g/mol. The third-order valence-electron chi connectivity index (χ3n) is 4.74. The Balaban J connectivity index is 1.44. The number of piperidine rings is 1. The van der Waals surface area contributed by atoms with E-state index in [9.17, 15) is 13.2 Å². The van der Waals surface area contributed by atoms with Gasteiger partial charge in [0.2, 0.25) is 5.91 Å². The normalized spacial score (nSPS) is 19.1. The van der Waals surface area contributed by atoms with E-state index in [1.807, 2.05) is 11.0 Å². The first kappa shape index (κ1) is 16.8. The van der Waals surface area contributed by atoms with Crippen LogP contribution in [0.5, 0.6) is 0 Å².